The normalized spacial score (nSPS) is 37.8. The largest absolute Gasteiger partial charge is 0.312 e. The molecule has 0 aromatic heterocycles. The number of nitrogens with one attached hydrogen (secondary N) is 1. The summed E-state index contributed by atoms with van der Waals surface area (Å²) in [6.07, 6.45) is 10.5. The second-order valence-electron chi connectivity index (χ2n) is 7.12. The van der Waals surface area contributed by atoms with Gasteiger partial charge < -0.3 is 10.2 Å². The van der Waals surface area contributed by atoms with Gasteiger partial charge in [-0.2, -0.15) is 0 Å². The molecule has 0 aromatic carbocycles. The van der Waals surface area contributed by atoms with E-state index in [4.69, 9.17) is 0 Å². The lowest BCUT2D eigenvalue weighted by Gasteiger charge is -2.28. The van der Waals surface area contributed by atoms with E-state index in [1.54, 1.807) is 0 Å². The van der Waals surface area contributed by atoms with Gasteiger partial charge in [0.15, 0.2) is 0 Å². The summed E-state index contributed by atoms with van der Waals surface area (Å²) in [5.41, 5.74) is 0.804. The monoisotopic (exact) mass is 234 g/mol. The van der Waals surface area contributed by atoms with Gasteiger partial charge in [-0.3, -0.25) is 0 Å². The maximum Gasteiger partial charge on any atom is 0.0223 e. The SMILES string of the molecule is C1CNC(C2CC2)CN(CC2(C3CC3)CC2)C1. The van der Waals surface area contributed by atoms with Gasteiger partial charge in [-0.15, -0.1) is 0 Å². The fourth-order valence-corrected chi connectivity index (χ4v) is 3.98. The molecule has 4 aliphatic rings. The highest BCUT2D eigenvalue weighted by atomic mass is 15.2. The fourth-order valence-electron chi connectivity index (χ4n) is 3.98. The Morgan fingerprint density at radius 1 is 1.12 bits per heavy atom. The molecule has 3 saturated carbocycles. The number of hydrogen-bond acceptors (Lipinski definition) is 2. The summed E-state index contributed by atoms with van der Waals surface area (Å²) < 4.78 is 0. The minimum atomic E-state index is 0.804. The van der Waals surface area contributed by atoms with Crippen molar-refractivity contribution in [2.75, 3.05) is 26.2 Å². The van der Waals surface area contributed by atoms with Gasteiger partial charge in [0.05, 0.1) is 0 Å². The first-order valence-corrected chi connectivity index (χ1v) is 7.81. The zero-order valence-corrected chi connectivity index (χ0v) is 11.0. The molecule has 17 heavy (non-hydrogen) atoms. The summed E-state index contributed by atoms with van der Waals surface area (Å²) in [5, 5.41) is 3.78. The third-order valence-electron chi connectivity index (χ3n) is 5.58. The van der Waals surface area contributed by atoms with Crippen LogP contribution < -0.4 is 5.32 Å². The Morgan fingerprint density at radius 2 is 1.94 bits per heavy atom. The van der Waals surface area contributed by atoms with Crippen LogP contribution >= 0.6 is 0 Å². The predicted octanol–water partition coefficient (Wildman–Crippen LogP) is 2.25. The second kappa shape index (κ2) is 3.96. The van der Waals surface area contributed by atoms with E-state index in [9.17, 15) is 0 Å². The summed E-state index contributed by atoms with van der Waals surface area (Å²) in [6, 6.07) is 0.826. The van der Waals surface area contributed by atoms with Crippen LogP contribution in [-0.2, 0) is 0 Å². The van der Waals surface area contributed by atoms with Crippen LogP contribution in [0.4, 0.5) is 0 Å². The quantitative estimate of drug-likeness (QED) is 0.802. The molecule has 4 rings (SSSR count). The van der Waals surface area contributed by atoms with Gasteiger partial charge in [-0.05, 0) is 75.3 Å². The molecule has 1 N–H and O–H groups in total. The zero-order chi connectivity index (χ0) is 11.3. The maximum absolute atomic E-state index is 3.78. The lowest BCUT2D eigenvalue weighted by atomic mass is 9.99. The molecular formula is C15H26N2. The van der Waals surface area contributed by atoms with Crippen LogP contribution in [0.3, 0.4) is 0 Å². The predicted molar refractivity (Wildman–Crippen MR) is 70.0 cm³/mol. The Bertz CT molecular complexity index is 289. The first kappa shape index (κ1) is 10.8. The van der Waals surface area contributed by atoms with E-state index < -0.39 is 0 Å². The van der Waals surface area contributed by atoms with E-state index in [-0.39, 0.29) is 0 Å². The van der Waals surface area contributed by atoms with Crippen LogP contribution in [0.25, 0.3) is 0 Å². The van der Waals surface area contributed by atoms with Gasteiger partial charge >= 0.3 is 0 Å². The van der Waals surface area contributed by atoms with Gasteiger partial charge in [-0.1, -0.05) is 0 Å². The zero-order valence-electron chi connectivity index (χ0n) is 11.0. The number of hydrogen-bond donors (Lipinski definition) is 1. The van der Waals surface area contributed by atoms with Gasteiger partial charge in [-0.25, -0.2) is 0 Å². The molecule has 1 saturated heterocycles. The van der Waals surface area contributed by atoms with Crippen molar-refractivity contribution >= 4 is 0 Å². The van der Waals surface area contributed by atoms with Crippen molar-refractivity contribution in [2.45, 2.75) is 51.0 Å². The highest BCUT2D eigenvalue weighted by Gasteiger charge is 2.54. The molecule has 1 unspecified atom stereocenters. The van der Waals surface area contributed by atoms with Crippen molar-refractivity contribution in [3.63, 3.8) is 0 Å². The molecule has 0 amide bonds. The summed E-state index contributed by atoms with van der Waals surface area (Å²) in [4.78, 5) is 2.81. The standard InChI is InChI=1S/C15H26N2/c1-8-16-14(12-2-3-12)10-17(9-1)11-15(6-7-15)13-4-5-13/h12-14,16H,1-11H2. The molecule has 3 aliphatic carbocycles. The van der Waals surface area contributed by atoms with E-state index in [0.29, 0.717) is 0 Å². The van der Waals surface area contributed by atoms with Crippen LogP contribution in [0.2, 0.25) is 0 Å². The first-order valence-electron chi connectivity index (χ1n) is 7.81. The lowest BCUT2D eigenvalue weighted by Crippen LogP contribution is -2.41. The topological polar surface area (TPSA) is 15.3 Å². The van der Waals surface area contributed by atoms with Gasteiger partial charge in [0.25, 0.3) is 0 Å². The van der Waals surface area contributed by atoms with E-state index in [2.05, 4.69) is 10.2 Å². The minimum absolute atomic E-state index is 0.804. The molecule has 4 fully saturated rings. The third-order valence-corrected chi connectivity index (χ3v) is 5.58. The lowest BCUT2D eigenvalue weighted by molar-refractivity contribution is 0.196. The number of rotatable bonds is 4. The van der Waals surface area contributed by atoms with Crippen molar-refractivity contribution in [1.82, 2.24) is 10.2 Å². The molecule has 1 atom stereocenters. The van der Waals surface area contributed by atoms with Crippen LogP contribution in [0, 0.1) is 17.3 Å². The molecule has 1 aliphatic heterocycles. The summed E-state index contributed by atoms with van der Waals surface area (Å²) in [5.74, 6) is 2.14. The average Bonchev–Trinajstić information content (AvgIpc) is 3.13. The molecule has 2 heteroatoms. The van der Waals surface area contributed by atoms with Gasteiger partial charge in [0, 0.05) is 19.1 Å². The first-order chi connectivity index (χ1) is 8.36. The molecule has 2 nitrogen and oxygen atoms in total. The second-order valence-corrected chi connectivity index (χ2v) is 7.12. The summed E-state index contributed by atoms with van der Waals surface area (Å²) >= 11 is 0. The van der Waals surface area contributed by atoms with Crippen LogP contribution in [-0.4, -0.2) is 37.1 Å². The molecule has 96 valence electrons. The van der Waals surface area contributed by atoms with Crippen LogP contribution in [0.15, 0.2) is 0 Å². The number of nitrogens with zero attached hydrogens (tertiary/aromatic N) is 1. The maximum atomic E-state index is 3.78. The van der Waals surface area contributed by atoms with Crippen LogP contribution in [0.1, 0.15) is 44.9 Å². The van der Waals surface area contributed by atoms with Crippen LogP contribution in [0.5, 0.6) is 0 Å². The highest BCUT2D eigenvalue weighted by molar-refractivity contribution is 5.06. The van der Waals surface area contributed by atoms with Crippen molar-refractivity contribution < 1.29 is 0 Å². The van der Waals surface area contributed by atoms with Crippen molar-refractivity contribution in [1.29, 1.82) is 0 Å². The molecule has 0 spiro atoms. The smallest absolute Gasteiger partial charge is 0.0223 e. The van der Waals surface area contributed by atoms with Gasteiger partial charge in [0.2, 0.25) is 0 Å². The Balaban J connectivity index is 1.38. The van der Waals surface area contributed by atoms with Crippen molar-refractivity contribution in [3.05, 3.63) is 0 Å². The van der Waals surface area contributed by atoms with E-state index in [1.807, 2.05) is 0 Å². The van der Waals surface area contributed by atoms with E-state index in [0.717, 1.165) is 23.3 Å². The molecule has 1 heterocycles. The van der Waals surface area contributed by atoms with E-state index in [1.165, 1.54) is 71.1 Å². The van der Waals surface area contributed by atoms with E-state index >= 15 is 0 Å². The Hall–Kier alpha value is -0.0800. The van der Waals surface area contributed by atoms with Crippen molar-refractivity contribution in [3.8, 4) is 0 Å². The average molecular weight is 234 g/mol. The third kappa shape index (κ3) is 2.26. The fraction of sp³-hybridized carbons (Fsp3) is 1.00. The Labute approximate surface area is 105 Å². The minimum Gasteiger partial charge on any atom is -0.312 e. The molecule has 0 aromatic rings. The molecule has 0 bridgehead atoms. The summed E-state index contributed by atoms with van der Waals surface area (Å²) in [6.45, 7) is 5.39. The van der Waals surface area contributed by atoms with Gasteiger partial charge in [0.1, 0.15) is 0 Å². The Kier molecular flexibility index (Phi) is 2.52. The Morgan fingerprint density at radius 3 is 2.59 bits per heavy atom. The van der Waals surface area contributed by atoms with Crippen molar-refractivity contribution in [2.24, 2.45) is 17.3 Å². The molecular weight excluding hydrogens is 208 g/mol. The summed E-state index contributed by atoms with van der Waals surface area (Å²) in [7, 11) is 0. The highest BCUT2D eigenvalue weighted by Crippen LogP contribution is 2.61. The molecule has 0 radical (unpaired) electrons.